The van der Waals surface area contributed by atoms with E-state index in [2.05, 4.69) is 0 Å². The fourth-order valence-corrected chi connectivity index (χ4v) is 4.68. The summed E-state index contributed by atoms with van der Waals surface area (Å²) >= 11 is 1.56. The zero-order chi connectivity index (χ0) is 20.4. The Bertz CT molecular complexity index is 915. The largest absolute Gasteiger partial charge is 0.478 e. The molecule has 2 aromatic carbocycles. The molecule has 150 valence electrons. The lowest BCUT2D eigenvalue weighted by Crippen LogP contribution is -2.71. The number of aliphatic hydroxyl groups is 1. The first kappa shape index (κ1) is 19.7. The Morgan fingerprint density at radius 2 is 1.79 bits per heavy atom. The molecule has 4 rings (SSSR count). The first-order valence-electron chi connectivity index (χ1n) is 9.65. The van der Waals surface area contributed by atoms with E-state index in [-0.39, 0.29) is 11.7 Å². The maximum atomic E-state index is 12.8. The minimum atomic E-state index is -0.952. The number of ether oxygens (including phenoxy) is 1. The van der Waals surface area contributed by atoms with E-state index in [9.17, 15) is 14.7 Å². The second-order valence-electron chi connectivity index (χ2n) is 7.43. The van der Waals surface area contributed by atoms with Gasteiger partial charge in [-0.15, -0.1) is 0 Å². The molecule has 1 amide bonds. The molecule has 5 nitrogen and oxygen atoms in total. The smallest absolute Gasteiger partial charge is 0.266 e. The number of rotatable bonds is 5. The van der Waals surface area contributed by atoms with Gasteiger partial charge in [-0.2, -0.15) is 0 Å². The number of amides is 1. The van der Waals surface area contributed by atoms with Crippen LogP contribution >= 0.6 is 11.8 Å². The van der Waals surface area contributed by atoms with Crippen LogP contribution in [0, 0.1) is 5.92 Å². The van der Waals surface area contributed by atoms with Gasteiger partial charge in [-0.1, -0.05) is 48.2 Å². The van der Waals surface area contributed by atoms with E-state index in [0.717, 1.165) is 10.5 Å². The van der Waals surface area contributed by atoms with Crippen molar-refractivity contribution in [2.24, 2.45) is 5.92 Å². The van der Waals surface area contributed by atoms with Gasteiger partial charge in [-0.3, -0.25) is 9.59 Å². The molecule has 0 bridgehead atoms. The van der Waals surface area contributed by atoms with E-state index >= 15 is 0 Å². The van der Waals surface area contributed by atoms with Crippen molar-refractivity contribution < 1.29 is 19.4 Å². The van der Waals surface area contributed by atoms with E-state index in [1.807, 2.05) is 53.9 Å². The summed E-state index contributed by atoms with van der Waals surface area (Å²) in [6.45, 7) is 1.90. The molecule has 4 atom stereocenters. The highest BCUT2D eigenvalue weighted by Gasteiger charge is 2.56. The van der Waals surface area contributed by atoms with Crippen LogP contribution in [0.3, 0.4) is 0 Å². The van der Waals surface area contributed by atoms with Gasteiger partial charge in [0.15, 0.2) is 6.10 Å². The number of thioether (sulfide) groups is 1. The quantitative estimate of drug-likeness (QED) is 0.606. The molecule has 0 aromatic heterocycles. The number of ketones is 1. The molecule has 2 aliphatic heterocycles. The van der Waals surface area contributed by atoms with Crippen molar-refractivity contribution in [2.75, 3.05) is 6.54 Å². The number of benzene rings is 2. The van der Waals surface area contributed by atoms with E-state index in [1.54, 1.807) is 28.8 Å². The number of hydrogen-bond donors (Lipinski definition) is 1. The third-order valence-corrected chi connectivity index (χ3v) is 6.44. The molecule has 6 heteroatoms. The van der Waals surface area contributed by atoms with Gasteiger partial charge >= 0.3 is 0 Å². The summed E-state index contributed by atoms with van der Waals surface area (Å²) in [4.78, 5) is 27.8. The first-order chi connectivity index (χ1) is 14.0. The molecule has 0 aliphatic carbocycles. The Morgan fingerprint density at radius 3 is 2.45 bits per heavy atom. The fourth-order valence-electron chi connectivity index (χ4n) is 3.89. The molecule has 2 saturated heterocycles. The summed E-state index contributed by atoms with van der Waals surface area (Å²) in [5, 5.41) is 12.9. The fraction of sp³-hybridized carbons (Fsp3) is 0.304. The number of Topliss-reactive ketones (excluding diaryl/α,β-unsaturated/α-hetero) is 1. The number of aliphatic hydroxyl groups excluding tert-OH is 1. The van der Waals surface area contributed by atoms with E-state index in [4.69, 9.17) is 4.74 Å². The topological polar surface area (TPSA) is 66.8 Å². The lowest BCUT2D eigenvalue weighted by atomic mass is 9.84. The normalized spacial score (nSPS) is 27.7. The van der Waals surface area contributed by atoms with E-state index in [0.29, 0.717) is 18.7 Å². The summed E-state index contributed by atoms with van der Waals surface area (Å²) < 4.78 is 5.86. The molecule has 29 heavy (non-hydrogen) atoms. The Morgan fingerprint density at radius 1 is 1.14 bits per heavy atom. The molecule has 0 saturated carbocycles. The summed E-state index contributed by atoms with van der Waals surface area (Å²) in [5.41, 5.74) is 0.965. The zero-order valence-electron chi connectivity index (χ0n) is 16.1. The maximum absolute atomic E-state index is 12.8. The van der Waals surface area contributed by atoms with Gasteiger partial charge < -0.3 is 14.7 Å². The predicted octanol–water partition coefficient (Wildman–Crippen LogP) is 3.29. The van der Waals surface area contributed by atoms with Gasteiger partial charge in [-0.05, 0) is 48.6 Å². The minimum absolute atomic E-state index is 0.0761. The summed E-state index contributed by atoms with van der Waals surface area (Å²) in [6, 6.07) is 18.5. The van der Waals surface area contributed by atoms with Crippen molar-refractivity contribution in [3.63, 3.8) is 0 Å². The summed E-state index contributed by atoms with van der Waals surface area (Å²) in [6.07, 6.45) is -1.28. The van der Waals surface area contributed by atoms with Crippen LogP contribution in [0.4, 0.5) is 0 Å². The zero-order valence-corrected chi connectivity index (χ0v) is 16.9. The van der Waals surface area contributed by atoms with Gasteiger partial charge in [0.05, 0.1) is 6.10 Å². The second kappa shape index (κ2) is 8.43. The average Bonchev–Trinajstić information content (AvgIpc) is 2.87. The van der Waals surface area contributed by atoms with E-state index < -0.39 is 24.2 Å². The van der Waals surface area contributed by atoms with Crippen molar-refractivity contribution in [3.05, 3.63) is 71.6 Å². The van der Waals surface area contributed by atoms with Crippen molar-refractivity contribution >= 4 is 23.5 Å². The van der Waals surface area contributed by atoms with Crippen LogP contribution in [0.1, 0.15) is 13.3 Å². The number of fused-ring (bicyclic) bond motifs is 1. The molecule has 0 radical (unpaired) electrons. The van der Waals surface area contributed by atoms with Gasteiger partial charge in [0.2, 0.25) is 0 Å². The lowest BCUT2D eigenvalue weighted by molar-refractivity contribution is -0.173. The van der Waals surface area contributed by atoms with Crippen LogP contribution in [0.25, 0.3) is 0 Å². The molecule has 2 aromatic rings. The molecule has 2 aliphatic rings. The average molecular weight is 410 g/mol. The highest BCUT2D eigenvalue weighted by molar-refractivity contribution is 8.02. The van der Waals surface area contributed by atoms with Crippen molar-refractivity contribution in [2.45, 2.75) is 36.5 Å². The van der Waals surface area contributed by atoms with Gasteiger partial charge in [0.25, 0.3) is 5.91 Å². The molecular weight excluding hydrogens is 386 g/mol. The number of β-lactam (4-membered cyclic amide) rings is 1. The van der Waals surface area contributed by atoms with Crippen LogP contribution in [0.5, 0.6) is 5.75 Å². The SMILES string of the molecule is CC(=O)[C@@H]1C/C(=C/Sc2ccccc2)CN2C(=O)[C@H](Oc3ccccc3)[C@@H]2[C@@H]1O. The first-order valence-corrected chi connectivity index (χ1v) is 10.5. The highest BCUT2D eigenvalue weighted by atomic mass is 32.2. The molecular formula is C23H23NO4S. The van der Waals surface area contributed by atoms with Crippen molar-refractivity contribution in [1.82, 2.24) is 4.90 Å². The Hall–Kier alpha value is -2.57. The van der Waals surface area contributed by atoms with Gasteiger partial charge in [0, 0.05) is 17.4 Å². The standard InChI is InChI=1S/C23H23NO4S/c1-15(25)19-12-16(14-29-18-10-6-3-7-11-18)13-24-20(21(19)26)22(23(24)27)28-17-8-4-2-5-9-17/h2-11,14,19-22,26H,12-13H2,1H3/b16-14-/t19-,20-,21+,22+/m0/s1. The van der Waals surface area contributed by atoms with Crippen molar-refractivity contribution in [1.29, 1.82) is 0 Å². The Kier molecular flexibility index (Phi) is 5.74. The summed E-state index contributed by atoms with van der Waals surface area (Å²) in [5.74, 6) is -0.204. The number of hydrogen-bond acceptors (Lipinski definition) is 5. The van der Waals surface area contributed by atoms with Crippen LogP contribution in [0.2, 0.25) is 0 Å². The number of carbonyl (C=O) groups is 2. The molecule has 1 N–H and O–H groups in total. The maximum Gasteiger partial charge on any atom is 0.266 e. The number of carbonyl (C=O) groups excluding carboxylic acids is 2. The van der Waals surface area contributed by atoms with Crippen LogP contribution in [0.15, 0.2) is 76.5 Å². The minimum Gasteiger partial charge on any atom is -0.478 e. The monoisotopic (exact) mass is 409 g/mol. The molecule has 0 spiro atoms. The van der Waals surface area contributed by atoms with Crippen molar-refractivity contribution in [3.8, 4) is 5.75 Å². The number of para-hydroxylation sites is 1. The molecule has 0 unspecified atom stereocenters. The molecule has 2 fully saturated rings. The van der Waals surface area contributed by atoms with Crippen LogP contribution in [-0.4, -0.2) is 46.5 Å². The van der Waals surface area contributed by atoms with Gasteiger partial charge in [0.1, 0.15) is 17.6 Å². The van der Waals surface area contributed by atoms with Crippen LogP contribution < -0.4 is 4.74 Å². The van der Waals surface area contributed by atoms with E-state index in [1.165, 1.54) is 6.92 Å². The predicted molar refractivity (Wildman–Crippen MR) is 112 cm³/mol. The second-order valence-corrected chi connectivity index (χ2v) is 8.37. The third kappa shape index (κ3) is 4.09. The highest BCUT2D eigenvalue weighted by Crippen LogP contribution is 2.37. The van der Waals surface area contributed by atoms with Gasteiger partial charge in [-0.25, -0.2) is 0 Å². The van der Waals surface area contributed by atoms with Crippen LogP contribution in [-0.2, 0) is 9.59 Å². The number of nitrogens with zero attached hydrogens (tertiary/aromatic N) is 1. The molecule has 2 heterocycles. The Balaban J connectivity index is 1.56. The lowest BCUT2D eigenvalue weighted by Gasteiger charge is -2.48. The Labute approximate surface area is 174 Å². The third-order valence-electron chi connectivity index (χ3n) is 5.45. The summed E-state index contributed by atoms with van der Waals surface area (Å²) in [7, 11) is 0.